The van der Waals surface area contributed by atoms with Crippen LogP contribution in [0.3, 0.4) is 0 Å². The zero-order chi connectivity index (χ0) is 22.9. The summed E-state index contributed by atoms with van der Waals surface area (Å²) in [4.78, 5) is 37.7. The van der Waals surface area contributed by atoms with E-state index in [0.29, 0.717) is 56.8 Å². The number of rotatable bonds is 8. The van der Waals surface area contributed by atoms with Gasteiger partial charge in [-0.3, -0.25) is 9.59 Å². The average molecular weight is 445 g/mol. The molecule has 1 fully saturated rings. The van der Waals surface area contributed by atoms with Gasteiger partial charge in [0.1, 0.15) is 11.6 Å². The number of piperidine rings is 1. The Hall–Kier alpha value is -3.36. The molecule has 172 valence electrons. The number of carbonyl (C=O) groups excluding carboxylic acids is 3. The molecular formula is C23H28FN3O5. The van der Waals surface area contributed by atoms with Crippen molar-refractivity contribution in [2.45, 2.75) is 38.6 Å². The van der Waals surface area contributed by atoms with Gasteiger partial charge < -0.3 is 24.7 Å². The van der Waals surface area contributed by atoms with E-state index in [2.05, 4.69) is 10.6 Å². The van der Waals surface area contributed by atoms with Crippen molar-refractivity contribution in [3.05, 3.63) is 48.0 Å². The summed E-state index contributed by atoms with van der Waals surface area (Å²) in [5.41, 5.74) is 0.676. The number of likely N-dealkylation sites (tertiary alicyclic amines) is 1. The second-order valence-electron chi connectivity index (χ2n) is 7.56. The molecule has 0 unspecified atom stereocenters. The van der Waals surface area contributed by atoms with Gasteiger partial charge in [0.05, 0.1) is 6.61 Å². The van der Waals surface area contributed by atoms with Crippen LogP contribution in [0.4, 0.5) is 9.18 Å². The number of furan rings is 1. The summed E-state index contributed by atoms with van der Waals surface area (Å²) in [7, 11) is 0. The van der Waals surface area contributed by atoms with Crippen molar-refractivity contribution in [1.82, 2.24) is 15.5 Å². The summed E-state index contributed by atoms with van der Waals surface area (Å²) in [6, 6.07) is 9.06. The van der Waals surface area contributed by atoms with E-state index >= 15 is 0 Å². The van der Waals surface area contributed by atoms with Gasteiger partial charge in [0, 0.05) is 37.7 Å². The van der Waals surface area contributed by atoms with Gasteiger partial charge >= 0.3 is 6.09 Å². The molecular weight excluding hydrogens is 417 g/mol. The lowest BCUT2D eigenvalue weighted by Gasteiger charge is -2.31. The number of carbonyl (C=O) groups is 3. The van der Waals surface area contributed by atoms with E-state index in [0.717, 1.165) is 0 Å². The quantitative estimate of drug-likeness (QED) is 0.607. The first-order valence-electron chi connectivity index (χ1n) is 10.8. The molecule has 3 amide bonds. The third-order valence-electron chi connectivity index (χ3n) is 5.21. The van der Waals surface area contributed by atoms with Gasteiger partial charge in [0.15, 0.2) is 5.76 Å². The van der Waals surface area contributed by atoms with Crippen molar-refractivity contribution in [3.63, 3.8) is 0 Å². The van der Waals surface area contributed by atoms with Gasteiger partial charge in [0.25, 0.3) is 5.91 Å². The Labute approximate surface area is 186 Å². The van der Waals surface area contributed by atoms with Crippen LogP contribution in [-0.4, -0.2) is 55.1 Å². The number of hydrogen-bond acceptors (Lipinski definition) is 5. The summed E-state index contributed by atoms with van der Waals surface area (Å²) in [6.07, 6.45) is 1.85. The van der Waals surface area contributed by atoms with E-state index < -0.39 is 0 Å². The van der Waals surface area contributed by atoms with Crippen LogP contribution in [0.15, 0.2) is 40.8 Å². The smallest absolute Gasteiger partial charge is 0.409 e. The summed E-state index contributed by atoms with van der Waals surface area (Å²) >= 11 is 0. The molecule has 0 atom stereocenters. The average Bonchev–Trinajstić information content (AvgIpc) is 3.28. The SMILES string of the molecule is CCOC(=O)N1CCC(NC(=O)CCCNC(=O)c2ccc(-c3ccc(F)cc3)o2)CC1. The molecule has 32 heavy (non-hydrogen) atoms. The zero-order valence-electron chi connectivity index (χ0n) is 18.1. The first kappa shape index (κ1) is 23.3. The highest BCUT2D eigenvalue weighted by atomic mass is 19.1. The van der Waals surface area contributed by atoms with Crippen molar-refractivity contribution in [1.29, 1.82) is 0 Å². The van der Waals surface area contributed by atoms with Crippen molar-refractivity contribution < 1.29 is 27.9 Å². The first-order chi connectivity index (χ1) is 15.5. The number of ether oxygens (including phenoxy) is 1. The molecule has 2 aromatic rings. The van der Waals surface area contributed by atoms with Crippen molar-refractivity contribution >= 4 is 17.9 Å². The normalized spacial score (nSPS) is 14.1. The summed E-state index contributed by atoms with van der Waals surface area (Å²) in [5.74, 6) is -0.161. The monoisotopic (exact) mass is 445 g/mol. The van der Waals surface area contributed by atoms with Gasteiger partial charge in [-0.1, -0.05) is 0 Å². The van der Waals surface area contributed by atoms with E-state index in [1.807, 2.05) is 0 Å². The molecule has 0 spiro atoms. The van der Waals surface area contributed by atoms with Crippen molar-refractivity contribution in [2.24, 2.45) is 0 Å². The Morgan fingerprint density at radius 3 is 2.53 bits per heavy atom. The highest BCUT2D eigenvalue weighted by Gasteiger charge is 2.24. The second-order valence-corrected chi connectivity index (χ2v) is 7.56. The van der Waals surface area contributed by atoms with Gasteiger partial charge in [-0.05, 0) is 62.6 Å². The lowest BCUT2D eigenvalue weighted by molar-refractivity contribution is -0.122. The highest BCUT2D eigenvalue weighted by Crippen LogP contribution is 2.22. The van der Waals surface area contributed by atoms with E-state index in [4.69, 9.17) is 9.15 Å². The topological polar surface area (TPSA) is 101 Å². The largest absolute Gasteiger partial charge is 0.451 e. The fourth-order valence-corrected chi connectivity index (χ4v) is 3.49. The van der Waals surface area contributed by atoms with Crippen LogP contribution in [0, 0.1) is 5.82 Å². The molecule has 2 heterocycles. The number of amides is 3. The molecule has 1 aromatic carbocycles. The van der Waals surface area contributed by atoms with Crippen LogP contribution in [0.2, 0.25) is 0 Å². The van der Waals surface area contributed by atoms with Crippen molar-refractivity contribution in [2.75, 3.05) is 26.2 Å². The molecule has 1 saturated heterocycles. The van der Waals surface area contributed by atoms with Crippen LogP contribution in [0.25, 0.3) is 11.3 Å². The van der Waals surface area contributed by atoms with Crippen LogP contribution < -0.4 is 10.6 Å². The second kappa shape index (κ2) is 11.3. The van der Waals surface area contributed by atoms with E-state index in [1.54, 1.807) is 36.1 Å². The Morgan fingerprint density at radius 1 is 1.12 bits per heavy atom. The molecule has 9 heteroatoms. The third kappa shape index (κ3) is 6.57. The molecule has 0 saturated carbocycles. The molecule has 0 aliphatic carbocycles. The van der Waals surface area contributed by atoms with Gasteiger partial charge in [0.2, 0.25) is 5.91 Å². The van der Waals surface area contributed by atoms with Crippen LogP contribution >= 0.6 is 0 Å². The minimum atomic E-state index is -0.370. The Balaban J connectivity index is 1.33. The highest BCUT2D eigenvalue weighted by molar-refractivity contribution is 5.92. The number of benzene rings is 1. The predicted octanol–water partition coefficient (Wildman–Crippen LogP) is 3.33. The number of nitrogens with one attached hydrogen (secondary N) is 2. The summed E-state index contributed by atoms with van der Waals surface area (Å²) < 4.78 is 23.6. The Morgan fingerprint density at radius 2 is 1.84 bits per heavy atom. The molecule has 3 rings (SSSR count). The van der Waals surface area contributed by atoms with E-state index in [-0.39, 0.29) is 41.9 Å². The standard InChI is InChI=1S/C23H28FN3O5/c1-2-31-23(30)27-14-11-18(12-15-27)26-21(28)4-3-13-25-22(29)20-10-9-19(32-20)16-5-7-17(24)8-6-16/h5-10,18H,2-4,11-15H2,1H3,(H,25,29)(H,26,28). The van der Waals surface area contributed by atoms with Gasteiger partial charge in [-0.15, -0.1) is 0 Å². The molecule has 0 bridgehead atoms. The maximum absolute atomic E-state index is 13.0. The van der Waals surface area contributed by atoms with Gasteiger partial charge in [-0.2, -0.15) is 0 Å². The van der Waals surface area contributed by atoms with Crippen LogP contribution in [0.5, 0.6) is 0 Å². The van der Waals surface area contributed by atoms with Crippen LogP contribution in [-0.2, 0) is 9.53 Å². The fraction of sp³-hybridized carbons (Fsp3) is 0.435. The number of halogens is 1. The maximum atomic E-state index is 13.0. The lowest BCUT2D eigenvalue weighted by Crippen LogP contribution is -2.46. The molecule has 1 aliphatic rings. The lowest BCUT2D eigenvalue weighted by atomic mass is 10.1. The van der Waals surface area contributed by atoms with Crippen LogP contribution in [0.1, 0.15) is 43.2 Å². The third-order valence-corrected chi connectivity index (χ3v) is 5.21. The van der Waals surface area contributed by atoms with Crippen molar-refractivity contribution in [3.8, 4) is 11.3 Å². The summed E-state index contributed by atoms with van der Waals surface area (Å²) in [5, 5.41) is 5.71. The Bertz CT molecular complexity index is 920. The molecule has 0 radical (unpaired) electrons. The number of hydrogen-bond donors (Lipinski definition) is 2. The summed E-state index contributed by atoms with van der Waals surface area (Å²) in [6.45, 7) is 3.57. The minimum Gasteiger partial charge on any atom is -0.451 e. The Kier molecular flexibility index (Phi) is 8.24. The van der Waals surface area contributed by atoms with E-state index in [1.165, 1.54) is 12.1 Å². The molecule has 1 aromatic heterocycles. The maximum Gasteiger partial charge on any atom is 0.409 e. The number of nitrogens with zero attached hydrogens (tertiary/aromatic N) is 1. The predicted molar refractivity (Wildman–Crippen MR) is 115 cm³/mol. The molecule has 8 nitrogen and oxygen atoms in total. The zero-order valence-corrected chi connectivity index (χ0v) is 18.1. The molecule has 2 N–H and O–H groups in total. The fourth-order valence-electron chi connectivity index (χ4n) is 3.49. The minimum absolute atomic E-state index is 0.0377. The molecule has 1 aliphatic heterocycles. The van der Waals surface area contributed by atoms with Gasteiger partial charge in [-0.25, -0.2) is 9.18 Å². The van der Waals surface area contributed by atoms with E-state index in [9.17, 15) is 18.8 Å². The first-order valence-corrected chi connectivity index (χ1v) is 10.8.